The molecule has 0 spiro atoms. The molecule has 0 atom stereocenters. The predicted molar refractivity (Wildman–Crippen MR) is 80.4 cm³/mol. The first kappa shape index (κ1) is 14.5. The van der Waals surface area contributed by atoms with Gasteiger partial charge in [0.15, 0.2) is 0 Å². The van der Waals surface area contributed by atoms with Crippen LogP contribution in [0.4, 0.5) is 0 Å². The summed E-state index contributed by atoms with van der Waals surface area (Å²) in [5.41, 5.74) is 0.361. The summed E-state index contributed by atoms with van der Waals surface area (Å²) in [6.07, 6.45) is 0. The molecule has 6 heteroatoms. The highest BCUT2D eigenvalue weighted by Gasteiger charge is 2.11. The number of hydrogen-bond acceptors (Lipinski definition) is 2. The summed E-state index contributed by atoms with van der Waals surface area (Å²) in [7, 11) is 0. The average molecular weight is 377 g/mol. The monoisotopic (exact) mass is 375 g/mol. The fourth-order valence-corrected chi connectivity index (χ4v) is 2.37. The number of rotatable bonds is 2. The molecule has 0 aromatic heterocycles. The van der Waals surface area contributed by atoms with Crippen LogP contribution in [0.5, 0.6) is 11.5 Å². The van der Waals surface area contributed by atoms with Gasteiger partial charge in [-0.2, -0.15) is 5.26 Å². The van der Waals surface area contributed by atoms with Crippen LogP contribution in [0.15, 0.2) is 34.8 Å². The molecule has 0 radical (unpaired) electrons. The van der Waals surface area contributed by atoms with Crippen molar-refractivity contribution in [2.24, 2.45) is 0 Å². The number of nitriles is 1. The van der Waals surface area contributed by atoms with Crippen molar-refractivity contribution in [3.63, 3.8) is 0 Å². The maximum Gasteiger partial charge on any atom is 0.147 e. The van der Waals surface area contributed by atoms with Crippen molar-refractivity contribution >= 4 is 50.7 Å². The van der Waals surface area contributed by atoms with Gasteiger partial charge in [0, 0.05) is 21.6 Å². The molecule has 2 nitrogen and oxygen atoms in total. The Hall–Kier alpha value is -0.920. The lowest BCUT2D eigenvalue weighted by Gasteiger charge is -2.10. The van der Waals surface area contributed by atoms with Gasteiger partial charge in [0.1, 0.15) is 17.6 Å². The van der Waals surface area contributed by atoms with E-state index in [1.165, 1.54) is 0 Å². The minimum absolute atomic E-state index is 0.329. The molecule has 96 valence electrons. The molecule has 0 fully saturated rings. The van der Waals surface area contributed by atoms with E-state index in [0.29, 0.717) is 36.6 Å². The zero-order valence-corrected chi connectivity index (χ0v) is 13.1. The Balaban J connectivity index is 2.45. The number of benzene rings is 2. The molecule has 0 saturated heterocycles. The molecule has 0 aliphatic carbocycles. The summed E-state index contributed by atoms with van der Waals surface area (Å²) in [6, 6.07) is 9.94. The summed E-state index contributed by atoms with van der Waals surface area (Å²) in [4.78, 5) is 0. The normalized spacial score (nSPS) is 10.1. The lowest BCUT2D eigenvalue weighted by Crippen LogP contribution is -1.89. The van der Waals surface area contributed by atoms with Gasteiger partial charge in [-0.25, -0.2) is 0 Å². The van der Waals surface area contributed by atoms with Crippen LogP contribution in [0.3, 0.4) is 0 Å². The lowest BCUT2D eigenvalue weighted by atomic mass is 10.2. The number of hydrogen-bond donors (Lipinski definition) is 0. The third-order valence-electron chi connectivity index (χ3n) is 2.26. The number of nitrogens with zero attached hydrogens (tertiary/aromatic N) is 1. The van der Waals surface area contributed by atoms with Gasteiger partial charge in [0.05, 0.1) is 15.6 Å². The first-order valence-electron chi connectivity index (χ1n) is 5.03. The van der Waals surface area contributed by atoms with Gasteiger partial charge in [0.25, 0.3) is 0 Å². The topological polar surface area (TPSA) is 33.0 Å². The van der Waals surface area contributed by atoms with E-state index in [9.17, 15) is 0 Å². The maximum absolute atomic E-state index is 9.02. The van der Waals surface area contributed by atoms with Crippen LogP contribution in [-0.4, -0.2) is 0 Å². The van der Waals surface area contributed by atoms with E-state index in [1.54, 1.807) is 30.3 Å². The minimum atomic E-state index is 0.329. The minimum Gasteiger partial charge on any atom is -0.454 e. The van der Waals surface area contributed by atoms with E-state index >= 15 is 0 Å². The molecule has 19 heavy (non-hydrogen) atoms. The highest BCUT2D eigenvalue weighted by molar-refractivity contribution is 9.10. The standard InChI is InChI=1S/C13H5BrCl3NO/c14-9-4-11(17)13(5-10(9)16)19-12-3-8(15)2-1-7(12)6-18/h1-5H. The summed E-state index contributed by atoms with van der Waals surface area (Å²) in [5, 5.41) is 10.3. The van der Waals surface area contributed by atoms with E-state index < -0.39 is 0 Å². The Morgan fingerprint density at radius 1 is 1.00 bits per heavy atom. The zero-order chi connectivity index (χ0) is 14.0. The summed E-state index contributed by atoms with van der Waals surface area (Å²) < 4.78 is 6.27. The molecule has 0 aliphatic rings. The first-order valence-corrected chi connectivity index (χ1v) is 6.96. The second kappa shape index (κ2) is 6.02. The molecule has 0 unspecified atom stereocenters. The van der Waals surface area contributed by atoms with Crippen molar-refractivity contribution in [2.75, 3.05) is 0 Å². The lowest BCUT2D eigenvalue weighted by molar-refractivity contribution is 0.481. The van der Waals surface area contributed by atoms with Crippen molar-refractivity contribution in [3.05, 3.63) is 55.4 Å². The first-order chi connectivity index (χ1) is 9.01. The van der Waals surface area contributed by atoms with Gasteiger partial charge in [-0.1, -0.05) is 34.8 Å². The SMILES string of the molecule is N#Cc1ccc(Cl)cc1Oc1cc(Cl)c(Br)cc1Cl. The summed E-state index contributed by atoms with van der Waals surface area (Å²) in [6.45, 7) is 0. The highest BCUT2D eigenvalue weighted by Crippen LogP contribution is 2.37. The summed E-state index contributed by atoms with van der Waals surface area (Å²) in [5.74, 6) is 0.684. The average Bonchev–Trinajstić information content (AvgIpc) is 2.36. The highest BCUT2D eigenvalue weighted by atomic mass is 79.9. The molecule has 0 bridgehead atoms. The van der Waals surface area contributed by atoms with Crippen molar-refractivity contribution in [1.82, 2.24) is 0 Å². The van der Waals surface area contributed by atoms with E-state index in [4.69, 9.17) is 44.8 Å². The number of ether oxygens (including phenoxy) is 1. The van der Waals surface area contributed by atoms with Crippen LogP contribution in [0.1, 0.15) is 5.56 Å². The van der Waals surface area contributed by atoms with E-state index in [-0.39, 0.29) is 0 Å². The molecule has 0 amide bonds. The number of halogens is 4. The van der Waals surface area contributed by atoms with E-state index in [2.05, 4.69) is 15.9 Å². The Kier molecular flexibility index (Phi) is 4.59. The molecule has 0 aliphatic heterocycles. The molecule has 2 aromatic carbocycles. The molecule has 2 rings (SSSR count). The van der Waals surface area contributed by atoms with Crippen LogP contribution < -0.4 is 4.74 Å². The predicted octanol–water partition coefficient (Wildman–Crippen LogP) is 6.07. The quantitative estimate of drug-likeness (QED) is 0.595. The van der Waals surface area contributed by atoms with E-state index in [0.717, 1.165) is 0 Å². The van der Waals surface area contributed by atoms with Gasteiger partial charge >= 0.3 is 0 Å². The molecule has 2 aromatic rings. The smallest absolute Gasteiger partial charge is 0.147 e. The van der Waals surface area contributed by atoms with Gasteiger partial charge in [-0.15, -0.1) is 0 Å². The molecule has 0 heterocycles. The third-order valence-corrected chi connectivity index (χ3v) is 3.99. The van der Waals surface area contributed by atoms with Gasteiger partial charge in [0.2, 0.25) is 0 Å². The maximum atomic E-state index is 9.02. The van der Waals surface area contributed by atoms with Crippen LogP contribution in [0.25, 0.3) is 0 Å². The van der Waals surface area contributed by atoms with Crippen LogP contribution in [0.2, 0.25) is 15.1 Å². The Morgan fingerprint density at radius 2 is 1.74 bits per heavy atom. The fraction of sp³-hybridized carbons (Fsp3) is 0. The Bertz CT molecular complexity index is 682. The second-order valence-corrected chi connectivity index (χ2v) is 5.66. The van der Waals surface area contributed by atoms with Gasteiger partial charge in [-0.3, -0.25) is 0 Å². The second-order valence-electron chi connectivity index (χ2n) is 3.55. The molecular weight excluding hydrogens is 372 g/mol. The Labute approximate surface area is 133 Å². The molecular formula is C13H5BrCl3NO. The van der Waals surface area contributed by atoms with Gasteiger partial charge in [-0.05, 0) is 34.1 Å². The van der Waals surface area contributed by atoms with E-state index in [1.807, 2.05) is 6.07 Å². The zero-order valence-electron chi connectivity index (χ0n) is 9.25. The fourth-order valence-electron chi connectivity index (χ4n) is 1.37. The molecule has 0 N–H and O–H groups in total. The van der Waals surface area contributed by atoms with Crippen molar-refractivity contribution in [1.29, 1.82) is 5.26 Å². The third kappa shape index (κ3) is 3.34. The van der Waals surface area contributed by atoms with Crippen LogP contribution >= 0.6 is 50.7 Å². The molecule has 0 saturated carbocycles. The van der Waals surface area contributed by atoms with Gasteiger partial charge < -0.3 is 4.74 Å². The van der Waals surface area contributed by atoms with Crippen molar-refractivity contribution < 1.29 is 4.74 Å². The largest absolute Gasteiger partial charge is 0.454 e. The van der Waals surface area contributed by atoms with Crippen LogP contribution in [0, 0.1) is 11.3 Å². The van der Waals surface area contributed by atoms with Crippen LogP contribution in [-0.2, 0) is 0 Å². The van der Waals surface area contributed by atoms with Crippen molar-refractivity contribution in [3.8, 4) is 17.6 Å². The van der Waals surface area contributed by atoms with Crippen molar-refractivity contribution in [2.45, 2.75) is 0 Å². The Morgan fingerprint density at radius 3 is 2.42 bits per heavy atom. The summed E-state index contributed by atoms with van der Waals surface area (Å²) >= 11 is 21.2.